The standard InChI is InChI=1S/C17H27N5O2/c1-4-19-17(22-11-10-20-13(2)23)21-9-8-14-6-5-7-15(12-14)16(24)18-3/h5-7,12H,4,8-11H2,1-3H3,(H,18,24)(H,20,23)(H2,19,21,22). The Bertz CT molecular complexity index is 572. The van der Waals surface area contributed by atoms with Crippen LogP contribution >= 0.6 is 0 Å². The third-order valence-corrected chi connectivity index (χ3v) is 3.22. The molecule has 7 heteroatoms. The summed E-state index contributed by atoms with van der Waals surface area (Å²) in [6.07, 6.45) is 0.743. The minimum atomic E-state index is -0.0895. The van der Waals surface area contributed by atoms with E-state index in [1.165, 1.54) is 6.92 Å². The van der Waals surface area contributed by atoms with Crippen molar-refractivity contribution in [1.29, 1.82) is 0 Å². The molecule has 0 aliphatic heterocycles. The number of carbonyl (C=O) groups is 2. The summed E-state index contributed by atoms with van der Waals surface area (Å²) in [6, 6.07) is 7.53. The van der Waals surface area contributed by atoms with Gasteiger partial charge < -0.3 is 21.3 Å². The van der Waals surface area contributed by atoms with Crippen LogP contribution in [-0.4, -0.2) is 51.0 Å². The van der Waals surface area contributed by atoms with Gasteiger partial charge in [0.15, 0.2) is 5.96 Å². The second-order valence-corrected chi connectivity index (χ2v) is 5.20. The Hall–Kier alpha value is -2.57. The Balaban J connectivity index is 2.51. The Morgan fingerprint density at radius 1 is 1.12 bits per heavy atom. The van der Waals surface area contributed by atoms with Gasteiger partial charge in [-0.1, -0.05) is 12.1 Å². The van der Waals surface area contributed by atoms with Crippen LogP contribution in [0.2, 0.25) is 0 Å². The molecule has 0 radical (unpaired) electrons. The van der Waals surface area contributed by atoms with E-state index < -0.39 is 0 Å². The number of rotatable bonds is 8. The maximum atomic E-state index is 11.6. The maximum absolute atomic E-state index is 11.6. The Kier molecular flexibility index (Phi) is 8.96. The third kappa shape index (κ3) is 7.62. The van der Waals surface area contributed by atoms with E-state index in [0.29, 0.717) is 31.2 Å². The predicted octanol–water partition coefficient (Wildman–Crippen LogP) is 0.280. The SMILES string of the molecule is CCNC(=NCCc1cccc(C(=O)NC)c1)NCCNC(C)=O. The molecule has 0 unspecified atom stereocenters. The lowest BCUT2D eigenvalue weighted by atomic mass is 10.1. The summed E-state index contributed by atoms with van der Waals surface area (Å²) in [6.45, 7) is 6.01. The van der Waals surface area contributed by atoms with Gasteiger partial charge in [-0.15, -0.1) is 0 Å². The summed E-state index contributed by atoms with van der Waals surface area (Å²) in [5, 5.41) is 11.7. The second kappa shape index (κ2) is 11.0. The molecule has 4 N–H and O–H groups in total. The summed E-state index contributed by atoms with van der Waals surface area (Å²) in [5.74, 6) is 0.577. The molecule has 0 aromatic heterocycles. The maximum Gasteiger partial charge on any atom is 0.251 e. The zero-order valence-corrected chi connectivity index (χ0v) is 14.6. The smallest absolute Gasteiger partial charge is 0.251 e. The van der Waals surface area contributed by atoms with E-state index in [-0.39, 0.29) is 11.8 Å². The molecule has 0 fully saturated rings. The van der Waals surface area contributed by atoms with E-state index in [9.17, 15) is 9.59 Å². The Morgan fingerprint density at radius 3 is 2.54 bits per heavy atom. The van der Waals surface area contributed by atoms with Crippen LogP contribution in [0.5, 0.6) is 0 Å². The van der Waals surface area contributed by atoms with Gasteiger partial charge in [0.2, 0.25) is 5.91 Å². The molecule has 0 saturated carbocycles. The van der Waals surface area contributed by atoms with E-state index >= 15 is 0 Å². The molecular formula is C17H27N5O2. The summed E-state index contributed by atoms with van der Waals surface area (Å²) in [5.41, 5.74) is 1.72. The van der Waals surface area contributed by atoms with E-state index in [1.54, 1.807) is 13.1 Å². The average Bonchev–Trinajstić information content (AvgIpc) is 2.58. The zero-order valence-electron chi connectivity index (χ0n) is 14.6. The number of carbonyl (C=O) groups excluding carboxylic acids is 2. The van der Waals surface area contributed by atoms with Crippen molar-refractivity contribution < 1.29 is 9.59 Å². The van der Waals surface area contributed by atoms with Crippen molar-refractivity contribution in [3.05, 3.63) is 35.4 Å². The molecule has 0 atom stereocenters. The Morgan fingerprint density at radius 2 is 1.88 bits per heavy atom. The minimum Gasteiger partial charge on any atom is -0.357 e. The van der Waals surface area contributed by atoms with Crippen molar-refractivity contribution in [3.63, 3.8) is 0 Å². The number of benzene rings is 1. The molecule has 132 valence electrons. The van der Waals surface area contributed by atoms with E-state index in [4.69, 9.17) is 0 Å². The average molecular weight is 333 g/mol. The molecule has 24 heavy (non-hydrogen) atoms. The largest absolute Gasteiger partial charge is 0.357 e. The number of guanidine groups is 1. The van der Waals surface area contributed by atoms with Gasteiger partial charge in [0, 0.05) is 45.7 Å². The fraction of sp³-hybridized carbons (Fsp3) is 0.471. The van der Waals surface area contributed by atoms with Crippen LogP contribution < -0.4 is 21.3 Å². The lowest BCUT2D eigenvalue weighted by Crippen LogP contribution is -2.41. The zero-order chi connectivity index (χ0) is 17.8. The molecule has 0 bridgehead atoms. The first-order chi connectivity index (χ1) is 11.6. The van der Waals surface area contributed by atoms with Crippen molar-refractivity contribution in [2.75, 3.05) is 33.2 Å². The fourth-order valence-electron chi connectivity index (χ4n) is 2.07. The van der Waals surface area contributed by atoms with Gasteiger partial charge in [-0.3, -0.25) is 14.6 Å². The highest BCUT2D eigenvalue weighted by molar-refractivity contribution is 5.94. The van der Waals surface area contributed by atoms with Crippen molar-refractivity contribution in [2.45, 2.75) is 20.3 Å². The van der Waals surface area contributed by atoms with Crippen LogP contribution in [0.1, 0.15) is 29.8 Å². The number of hydrogen-bond donors (Lipinski definition) is 4. The van der Waals surface area contributed by atoms with Crippen LogP contribution in [0.25, 0.3) is 0 Å². The highest BCUT2D eigenvalue weighted by Crippen LogP contribution is 2.06. The number of aliphatic imine (C=N–C) groups is 1. The topological polar surface area (TPSA) is 94.6 Å². The molecule has 0 aliphatic carbocycles. The van der Waals surface area contributed by atoms with Gasteiger partial charge in [-0.05, 0) is 31.0 Å². The molecule has 7 nitrogen and oxygen atoms in total. The van der Waals surface area contributed by atoms with Crippen LogP contribution in [0.3, 0.4) is 0 Å². The Labute approximate surface area is 143 Å². The molecular weight excluding hydrogens is 306 g/mol. The number of amides is 2. The van der Waals surface area contributed by atoms with Gasteiger partial charge in [0.25, 0.3) is 5.91 Å². The van der Waals surface area contributed by atoms with Crippen molar-refractivity contribution in [3.8, 4) is 0 Å². The summed E-state index contributed by atoms with van der Waals surface area (Å²) < 4.78 is 0. The molecule has 0 aliphatic rings. The first kappa shape index (κ1) is 19.5. The molecule has 0 saturated heterocycles. The van der Waals surface area contributed by atoms with Crippen molar-refractivity contribution >= 4 is 17.8 Å². The molecule has 1 rings (SSSR count). The van der Waals surface area contributed by atoms with Gasteiger partial charge in [-0.2, -0.15) is 0 Å². The lowest BCUT2D eigenvalue weighted by Gasteiger charge is -2.11. The van der Waals surface area contributed by atoms with Crippen LogP contribution in [-0.2, 0) is 11.2 Å². The van der Waals surface area contributed by atoms with E-state index in [2.05, 4.69) is 26.3 Å². The molecule has 1 aromatic carbocycles. The van der Waals surface area contributed by atoms with Gasteiger partial charge in [-0.25, -0.2) is 0 Å². The third-order valence-electron chi connectivity index (χ3n) is 3.22. The van der Waals surface area contributed by atoms with E-state index in [0.717, 1.165) is 18.5 Å². The highest BCUT2D eigenvalue weighted by atomic mass is 16.2. The van der Waals surface area contributed by atoms with Crippen molar-refractivity contribution in [1.82, 2.24) is 21.3 Å². The van der Waals surface area contributed by atoms with Gasteiger partial charge in [0.1, 0.15) is 0 Å². The first-order valence-electron chi connectivity index (χ1n) is 8.14. The van der Waals surface area contributed by atoms with Crippen LogP contribution in [0.15, 0.2) is 29.3 Å². The van der Waals surface area contributed by atoms with Gasteiger partial charge in [0.05, 0.1) is 0 Å². The fourth-order valence-corrected chi connectivity index (χ4v) is 2.07. The monoisotopic (exact) mass is 333 g/mol. The number of hydrogen-bond acceptors (Lipinski definition) is 3. The minimum absolute atomic E-state index is 0.0465. The normalized spacial score (nSPS) is 10.9. The second-order valence-electron chi connectivity index (χ2n) is 5.20. The molecule has 0 heterocycles. The number of nitrogens with zero attached hydrogens (tertiary/aromatic N) is 1. The van der Waals surface area contributed by atoms with Crippen molar-refractivity contribution in [2.24, 2.45) is 4.99 Å². The van der Waals surface area contributed by atoms with Crippen LogP contribution in [0, 0.1) is 0 Å². The van der Waals surface area contributed by atoms with Crippen LogP contribution in [0.4, 0.5) is 0 Å². The quantitative estimate of drug-likeness (QED) is 0.312. The number of nitrogens with one attached hydrogen (secondary N) is 4. The summed E-state index contributed by atoms with van der Waals surface area (Å²) in [4.78, 5) is 27.0. The van der Waals surface area contributed by atoms with E-state index in [1.807, 2.05) is 25.1 Å². The summed E-state index contributed by atoms with van der Waals surface area (Å²) in [7, 11) is 1.62. The summed E-state index contributed by atoms with van der Waals surface area (Å²) >= 11 is 0. The van der Waals surface area contributed by atoms with Gasteiger partial charge >= 0.3 is 0 Å². The molecule has 1 aromatic rings. The molecule has 2 amide bonds. The highest BCUT2D eigenvalue weighted by Gasteiger charge is 2.03. The first-order valence-corrected chi connectivity index (χ1v) is 8.14. The lowest BCUT2D eigenvalue weighted by molar-refractivity contribution is -0.118. The predicted molar refractivity (Wildman–Crippen MR) is 96.2 cm³/mol. The molecule has 0 spiro atoms.